The van der Waals surface area contributed by atoms with Crippen molar-refractivity contribution in [2.45, 2.75) is 30.7 Å². The number of hydrogen-bond donors (Lipinski definition) is 2. The minimum atomic E-state index is -3.73. The van der Waals surface area contributed by atoms with Gasteiger partial charge in [0.2, 0.25) is 10.0 Å². The zero-order valence-corrected chi connectivity index (χ0v) is 14.5. The Morgan fingerprint density at radius 2 is 2.12 bits per heavy atom. The summed E-state index contributed by atoms with van der Waals surface area (Å²) < 4.78 is 23.5. The molecule has 2 heterocycles. The summed E-state index contributed by atoms with van der Waals surface area (Å²) in [5, 5.41) is 10.6. The summed E-state index contributed by atoms with van der Waals surface area (Å²) in [5.41, 5.74) is 0.314. The second kappa shape index (κ2) is 5.40. The Kier molecular flexibility index (Phi) is 3.56. The molecule has 1 aromatic carbocycles. The average Bonchev–Trinajstić information content (AvgIpc) is 3.32. The van der Waals surface area contributed by atoms with E-state index >= 15 is 0 Å². The van der Waals surface area contributed by atoms with Gasteiger partial charge in [-0.05, 0) is 41.8 Å². The largest absolute Gasteiger partial charge is 0.350 e. The summed E-state index contributed by atoms with van der Waals surface area (Å²) >= 11 is 0. The fourth-order valence-corrected chi connectivity index (χ4v) is 4.19. The molecule has 1 saturated carbocycles. The van der Waals surface area contributed by atoms with Crippen LogP contribution in [-0.4, -0.2) is 39.1 Å². The van der Waals surface area contributed by atoms with Crippen LogP contribution in [-0.2, 0) is 10.0 Å². The van der Waals surface area contributed by atoms with Crippen LogP contribution in [0.5, 0.6) is 0 Å². The summed E-state index contributed by atoms with van der Waals surface area (Å²) in [5.74, 6) is 0.859. The van der Waals surface area contributed by atoms with Crippen LogP contribution >= 0.6 is 0 Å². The number of fused-ring (bicyclic) bond motifs is 1. The molecule has 0 amide bonds. The van der Waals surface area contributed by atoms with Crippen LogP contribution in [0.3, 0.4) is 0 Å². The van der Waals surface area contributed by atoms with Gasteiger partial charge in [-0.3, -0.25) is 0 Å². The Morgan fingerprint density at radius 1 is 1.33 bits per heavy atom. The van der Waals surface area contributed by atoms with Gasteiger partial charge in [-0.1, -0.05) is 13.0 Å². The van der Waals surface area contributed by atoms with Crippen LogP contribution < -0.4 is 15.4 Å². The van der Waals surface area contributed by atoms with E-state index in [1.54, 1.807) is 24.4 Å². The van der Waals surface area contributed by atoms with Gasteiger partial charge in [-0.15, -0.1) is 0 Å². The first-order valence-electron chi connectivity index (χ1n) is 8.27. The molecule has 7 heteroatoms. The molecule has 4 rings (SSSR count). The van der Waals surface area contributed by atoms with Crippen molar-refractivity contribution >= 4 is 26.6 Å². The van der Waals surface area contributed by atoms with Gasteiger partial charge >= 0.3 is 0 Å². The number of benzene rings is 1. The first kappa shape index (κ1) is 15.8. The molecule has 128 valence electrons. The van der Waals surface area contributed by atoms with E-state index in [0.717, 1.165) is 36.2 Å². The highest BCUT2D eigenvalue weighted by atomic mass is 32.2. The lowest BCUT2D eigenvalue weighted by Crippen LogP contribution is -2.55. The molecule has 6 nitrogen and oxygen atoms in total. The van der Waals surface area contributed by atoms with E-state index in [2.05, 4.69) is 22.1 Å². The maximum atomic E-state index is 11.7. The topological polar surface area (TPSA) is 88.3 Å². The van der Waals surface area contributed by atoms with Gasteiger partial charge in [0.15, 0.2) is 0 Å². The molecule has 2 aliphatic rings. The zero-order valence-electron chi connectivity index (χ0n) is 13.7. The fraction of sp³-hybridized carbons (Fsp3) is 0.471. The Balaban J connectivity index is 1.85. The van der Waals surface area contributed by atoms with E-state index in [1.165, 1.54) is 12.8 Å². The molecule has 2 aromatic rings. The number of aromatic nitrogens is 1. The number of piperazine rings is 1. The van der Waals surface area contributed by atoms with Crippen molar-refractivity contribution in [3.63, 3.8) is 0 Å². The molecule has 24 heavy (non-hydrogen) atoms. The van der Waals surface area contributed by atoms with E-state index in [1.807, 2.05) is 6.07 Å². The predicted molar refractivity (Wildman–Crippen MR) is 94.5 cm³/mol. The first-order chi connectivity index (χ1) is 11.4. The summed E-state index contributed by atoms with van der Waals surface area (Å²) in [7, 11) is -3.73. The summed E-state index contributed by atoms with van der Waals surface area (Å²) in [6, 6.07) is 7.29. The molecular weight excluding hydrogens is 324 g/mol. The third kappa shape index (κ3) is 2.66. The van der Waals surface area contributed by atoms with Crippen LogP contribution in [0.15, 0.2) is 35.4 Å². The second-order valence-corrected chi connectivity index (χ2v) is 8.69. The standard InChI is InChI=1S/C17H22N4O2S/c1-17(5-6-17)15-11-19-8-9-21(15)16-14-10-13(24(18,22)23)3-2-12(14)4-7-20-16/h2-4,7,10,15,19H,5-6,8-9,11H2,1H3,(H2,18,22,23). The lowest BCUT2D eigenvalue weighted by molar-refractivity contribution is 0.352. The minimum Gasteiger partial charge on any atom is -0.350 e. The highest BCUT2D eigenvalue weighted by Gasteiger charge is 2.48. The van der Waals surface area contributed by atoms with Crippen LogP contribution in [0.4, 0.5) is 5.82 Å². The normalized spacial score (nSPS) is 23.4. The molecule has 0 spiro atoms. The van der Waals surface area contributed by atoms with E-state index < -0.39 is 10.0 Å². The van der Waals surface area contributed by atoms with Gasteiger partial charge in [0.1, 0.15) is 5.82 Å². The quantitative estimate of drug-likeness (QED) is 0.878. The summed E-state index contributed by atoms with van der Waals surface area (Å²) in [4.78, 5) is 7.09. The minimum absolute atomic E-state index is 0.133. The molecule has 1 unspecified atom stereocenters. The summed E-state index contributed by atoms with van der Waals surface area (Å²) in [6.45, 7) is 5.02. The van der Waals surface area contributed by atoms with Gasteiger partial charge < -0.3 is 10.2 Å². The van der Waals surface area contributed by atoms with Crippen molar-refractivity contribution < 1.29 is 8.42 Å². The highest BCUT2D eigenvalue weighted by molar-refractivity contribution is 7.89. The number of rotatable bonds is 3. The highest BCUT2D eigenvalue weighted by Crippen LogP contribution is 2.51. The maximum absolute atomic E-state index is 11.7. The molecule has 1 aliphatic carbocycles. The molecule has 2 fully saturated rings. The number of anilines is 1. The summed E-state index contributed by atoms with van der Waals surface area (Å²) in [6.07, 6.45) is 4.24. The molecule has 1 atom stereocenters. The number of sulfonamides is 1. The van der Waals surface area contributed by atoms with Crippen LogP contribution in [0.1, 0.15) is 19.8 Å². The Bertz CT molecular complexity index is 893. The number of nitrogens with two attached hydrogens (primary N) is 1. The van der Waals surface area contributed by atoms with Crippen molar-refractivity contribution in [2.24, 2.45) is 10.6 Å². The number of primary sulfonamides is 1. The van der Waals surface area contributed by atoms with Crippen LogP contribution in [0, 0.1) is 5.41 Å². The zero-order chi connectivity index (χ0) is 16.9. The van der Waals surface area contributed by atoms with Crippen LogP contribution in [0.2, 0.25) is 0 Å². The fourth-order valence-electron chi connectivity index (χ4n) is 3.65. The number of nitrogens with zero attached hydrogens (tertiary/aromatic N) is 2. The van der Waals surface area contributed by atoms with Gasteiger partial charge in [0.25, 0.3) is 0 Å². The van der Waals surface area contributed by atoms with E-state index in [-0.39, 0.29) is 4.90 Å². The second-order valence-electron chi connectivity index (χ2n) is 7.13. The molecular formula is C17H22N4O2S. The SMILES string of the molecule is CC1(C2CNCCN2c2nccc3ccc(S(N)(=O)=O)cc23)CC1. The Labute approximate surface area is 142 Å². The molecule has 0 bridgehead atoms. The predicted octanol–water partition coefficient (Wildman–Crippen LogP) is 1.46. The number of nitrogens with one attached hydrogen (secondary N) is 1. The molecule has 0 radical (unpaired) electrons. The van der Waals surface area contributed by atoms with E-state index in [4.69, 9.17) is 5.14 Å². The Hall–Kier alpha value is -1.70. The molecule has 1 aromatic heterocycles. The van der Waals surface area contributed by atoms with E-state index in [9.17, 15) is 8.42 Å². The van der Waals surface area contributed by atoms with Crippen molar-refractivity contribution in [1.82, 2.24) is 10.3 Å². The monoisotopic (exact) mass is 346 g/mol. The number of pyridine rings is 1. The van der Waals surface area contributed by atoms with Crippen LogP contribution in [0.25, 0.3) is 10.8 Å². The van der Waals surface area contributed by atoms with Gasteiger partial charge in [0.05, 0.1) is 4.90 Å². The van der Waals surface area contributed by atoms with Gasteiger partial charge in [-0.2, -0.15) is 0 Å². The van der Waals surface area contributed by atoms with Crippen molar-refractivity contribution in [3.05, 3.63) is 30.5 Å². The van der Waals surface area contributed by atoms with Gasteiger partial charge in [-0.25, -0.2) is 18.5 Å². The lowest BCUT2D eigenvalue weighted by Gasteiger charge is -2.41. The average molecular weight is 346 g/mol. The molecule has 1 aliphatic heterocycles. The Morgan fingerprint density at radius 3 is 2.83 bits per heavy atom. The molecule has 1 saturated heterocycles. The van der Waals surface area contributed by atoms with Gasteiger partial charge in [0, 0.05) is 37.3 Å². The van der Waals surface area contributed by atoms with Crippen molar-refractivity contribution in [1.29, 1.82) is 0 Å². The molecule has 3 N–H and O–H groups in total. The smallest absolute Gasteiger partial charge is 0.238 e. The van der Waals surface area contributed by atoms with Crippen molar-refractivity contribution in [3.8, 4) is 0 Å². The van der Waals surface area contributed by atoms with Crippen molar-refractivity contribution in [2.75, 3.05) is 24.5 Å². The lowest BCUT2D eigenvalue weighted by atomic mass is 9.95. The third-order valence-corrected chi connectivity index (χ3v) is 6.31. The third-order valence-electron chi connectivity index (χ3n) is 5.40. The maximum Gasteiger partial charge on any atom is 0.238 e. The number of hydrogen-bond acceptors (Lipinski definition) is 5. The van der Waals surface area contributed by atoms with E-state index in [0.29, 0.717) is 11.5 Å². The first-order valence-corrected chi connectivity index (χ1v) is 9.82.